The summed E-state index contributed by atoms with van der Waals surface area (Å²) in [6.07, 6.45) is -3.37. The van der Waals surface area contributed by atoms with Gasteiger partial charge in [0.15, 0.2) is 17.3 Å². The van der Waals surface area contributed by atoms with Crippen LogP contribution in [0.15, 0.2) is 36.4 Å². The van der Waals surface area contributed by atoms with Crippen molar-refractivity contribution >= 4 is 35.2 Å². The van der Waals surface area contributed by atoms with Crippen LogP contribution < -0.4 is 9.47 Å². The fourth-order valence-electron chi connectivity index (χ4n) is 5.79. The van der Waals surface area contributed by atoms with Gasteiger partial charge in [-0.2, -0.15) is 13.2 Å². The zero-order valence-electron chi connectivity index (χ0n) is 24.4. The molecule has 0 spiro atoms. The number of hydrogen-bond acceptors (Lipinski definition) is 8. The Morgan fingerprint density at radius 1 is 1.05 bits per heavy atom. The Morgan fingerprint density at radius 3 is 2.45 bits per heavy atom. The van der Waals surface area contributed by atoms with Crippen molar-refractivity contribution in [1.82, 2.24) is 19.7 Å². The van der Waals surface area contributed by atoms with E-state index in [1.165, 1.54) is 38.1 Å². The number of fused-ring (bicyclic) bond motifs is 3. The molecule has 0 N–H and O–H groups in total. The predicted octanol–water partition coefficient (Wildman–Crippen LogP) is 6.42. The molecule has 3 aromatic rings. The van der Waals surface area contributed by atoms with Crippen LogP contribution in [0.5, 0.6) is 11.5 Å². The lowest BCUT2D eigenvalue weighted by molar-refractivity contribution is -0.146. The lowest BCUT2D eigenvalue weighted by atomic mass is 9.93. The minimum atomic E-state index is -4.81. The summed E-state index contributed by atoms with van der Waals surface area (Å²) >= 11 is 7.70. The second kappa shape index (κ2) is 13.3. The van der Waals surface area contributed by atoms with Crippen molar-refractivity contribution in [3.05, 3.63) is 64.2 Å². The lowest BCUT2D eigenvalue weighted by Gasteiger charge is -2.32. The van der Waals surface area contributed by atoms with Crippen LogP contribution in [0.1, 0.15) is 65.9 Å². The van der Waals surface area contributed by atoms with Gasteiger partial charge >= 0.3 is 12.1 Å². The number of thioether (sulfide) groups is 1. The summed E-state index contributed by atoms with van der Waals surface area (Å²) in [6, 6.07) is 9.96. The number of halogens is 4. The number of alkyl halides is 3. The van der Waals surface area contributed by atoms with Gasteiger partial charge in [0.2, 0.25) is 11.7 Å². The molecular formula is C30H32ClF3N4O5S. The first kappa shape index (κ1) is 32.0. The normalized spacial score (nSPS) is 18.7. The number of aromatic nitrogens is 3. The van der Waals surface area contributed by atoms with Crippen molar-refractivity contribution in [2.75, 3.05) is 33.9 Å². The van der Waals surface area contributed by atoms with Crippen molar-refractivity contribution in [3.8, 4) is 17.2 Å². The maximum atomic E-state index is 14.3. The number of ether oxygens (including phenoxy) is 3. The number of nitrogens with zero attached hydrogens (tertiary/aromatic N) is 4. The van der Waals surface area contributed by atoms with Crippen molar-refractivity contribution in [3.63, 3.8) is 0 Å². The van der Waals surface area contributed by atoms with E-state index in [1.54, 1.807) is 30.0 Å². The van der Waals surface area contributed by atoms with Gasteiger partial charge in [0, 0.05) is 36.5 Å². The fourth-order valence-corrected chi connectivity index (χ4v) is 7.48. The number of hydrogen-bond donors (Lipinski definition) is 0. The van der Waals surface area contributed by atoms with Crippen molar-refractivity contribution in [2.45, 2.75) is 49.3 Å². The van der Waals surface area contributed by atoms with Gasteiger partial charge in [0.25, 0.3) is 0 Å². The zero-order chi connectivity index (χ0) is 31.6. The van der Waals surface area contributed by atoms with Crippen LogP contribution in [0.4, 0.5) is 13.2 Å². The van der Waals surface area contributed by atoms with Crippen LogP contribution in [0.25, 0.3) is 5.69 Å². The van der Waals surface area contributed by atoms with Crippen LogP contribution in [0.2, 0.25) is 5.02 Å². The van der Waals surface area contributed by atoms with Gasteiger partial charge in [0.05, 0.1) is 37.0 Å². The van der Waals surface area contributed by atoms with E-state index < -0.39 is 22.5 Å². The first-order valence-electron chi connectivity index (χ1n) is 14.2. The molecule has 236 valence electrons. The highest BCUT2D eigenvalue weighted by molar-refractivity contribution is 8.00. The Bertz CT molecular complexity index is 1530. The SMILES string of the molecule is CCOC(=O)CC1CCN(C(=O)CC2SC(c3cccc(OC)c3OC)c3cc(Cl)ccc3-n3c2nnc3C(F)(F)F)CC1. The van der Waals surface area contributed by atoms with Crippen molar-refractivity contribution in [1.29, 1.82) is 0 Å². The van der Waals surface area contributed by atoms with Gasteiger partial charge in [-0.05, 0) is 55.5 Å². The number of carbonyl (C=O) groups is 2. The molecule has 0 bridgehead atoms. The number of methoxy groups -OCH3 is 2. The summed E-state index contributed by atoms with van der Waals surface area (Å²) < 4.78 is 60.2. The van der Waals surface area contributed by atoms with Crippen LogP contribution in [0.3, 0.4) is 0 Å². The number of rotatable bonds is 8. The molecule has 2 unspecified atom stereocenters. The van der Waals surface area contributed by atoms with Gasteiger partial charge in [-0.1, -0.05) is 23.7 Å². The smallest absolute Gasteiger partial charge is 0.452 e. The monoisotopic (exact) mass is 652 g/mol. The summed E-state index contributed by atoms with van der Waals surface area (Å²) in [5.74, 6) is -0.681. The van der Waals surface area contributed by atoms with Crippen LogP contribution in [-0.4, -0.2) is 65.5 Å². The molecule has 14 heteroatoms. The van der Waals surface area contributed by atoms with Crippen LogP contribution >= 0.6 is 23.4 Å². The van der Waals surface area contributed by atoms with Crippen LogP contribution in [-0.2, 0) is 20.5 Å². The highest BCUT2D eigenvalue weighted by Crippen LogP contribution is 2.54. The second-order valence-corrected chi connectivity index (χ2v) is 12.3. The van der Waals surface area contributed by atoms with Gasteiger partial charge in [-0.3, -0.25) is 14.2 Å². The van der Waals surface area contributed by atoms with E-state index in [1.807, 2.05) is 6.07 Å². The standard InChI is InChI=1S/C30H32ClF3N4O5S/c1-4-43-25(40)14-17-10-12-37(13-11-17)24(39)16-23-28-35-36-29(30(32,33)34)38(28)21-9-8-18(31)15-20(21)27(44-23)19-6-5-7-22(41-2)26(19)42-3/h5-9,15,17,23,27H,4,10-14,16H2,1-3H3. The summed E-state index contributed by atoms with van der Waals surface area (Å²) in [7, 11) is 2.99. The number of likely N-dealkylation sites (tertiary alicyclic amines) is 1. The molecule has 0 aliphatic carbocycles. The molecule has 9 nitrogen and oxygen atoms in total. The molecule has 1 aromatic heterocycles. The minimum absolute atomic E-state index is 0.0146. The highest BCUT2D eigenvalue weighted by atomic mass is 35.5. The largest absolute Gasteiger partial charge is 0.493 e. The van der Waals surface area contributed by atoms with E-state index >= 15 is 0 Å². The molecule has 2 atom stereocenters. The molecule has 1 fully saturated rings. The molecule has 44 heavy (non-hydrogen) atoms. The third-order valence-electron chi connectivity index (χ3n) is 7.85. The van der Waals surface area contributed by atoms with E-state index in [0.29, 0.717) is 66.6 Å². The molecule has 2 aliphatic rings. The Kier molecular flexibility index (Phi) is 9.64. The van der Waals surface area contributed by atoms with Gasteiger partial charge < -0.3 is 19.1 Å². The summed E-state index contributed by atoms with van der Waals surface area (Å²) in [4.78, 5) is 27.3. The summed E-state index contributed by atoms with van der Waals surface area (Å²) in [5, 5.41) is 6.47. The quantitative estimate of drug-likeness (QED) is 0.258. The van der Waals surface area contributed by atoms with Crippen molar-refractivity contribution in [2.24, 2.45) is 5.92 Å². The second-order valence-electron chi connectivity index (χ2n) is 10.5. The average molecular weight is 653 g/mol. The predicted molar refractivity (Wildman–Crippen MR) is 158 cm³/mol. The third-order valence-corrected chi connectivity index (χ3v) is 9.57. The lowest BCUT2D eigenvalue weighted by Crippen LogP contribution is -2.39. The summed E-state index contributed by atoms with van der Waals surface area (Å²) in [6.45, 7) is 2.94. The number of benzene rings is 2. The number of para-hydroxylation sites is 1. The number of carbonyl (C=O) groups excluding carboxylic acids is 2. The molecule has 5 rings (SSSR count). The molecule has 1 saturated heterocycles. The van der Waals surface area contributed by atoms with E-state index in [4.69, 9.17) is 25.8 Å². The number of amides is 1. The third kappa shape index (κ3) is 6.49. The topological polar surface area (TPSA) is 95.8 Å². The molecular weight excluding hydrogens is 621 g/mol. The maximum absolute atomic E-state index is 14.3. The highest BCUT2D eigenvalue weighted by Gasteiger charge is 2.44. The molecule has 0 saturated carbocycles. The maximum Gasteiger partial charge on any atom is 0.452 e. The van der Waals surface area contributed by atoms with Crippen LogP contribution in [0, 0.1) is 5.92 Å². The van der Waals surface area contributed by atoms with Gasteiger partial charge in [0.1, 0.15) is 0 Å². The Balaban J connectivity index is 1.53. The summed E-state index contributed by atoms with van der Waals surface area (Å²) in [5.41, 5.74) is 1.33. The average Bonchev–Trinajstić information content (AvgIpc) is 3.40. The number of piperidine rings is 1. The molecule has 1 amide bonds. The van der Waals surface area contributed by atoms with Gasteiger partial charge in [-0.25, -0.2) is 0 Å². The van der Waals surface area contributed by atoms with E-state index in [0.717, 1.165) is 4.57 Å². The number of esters is 1. The first-order valence-corrected chi connectivity index (χ1v) is 15.5. The Morgan fingerprint density at radius 2 is 1.80 bits per heavy atom. The first-order chi connectivity index (χ1) is 21.0. The van der Waals surface area contributed by atoms with E-state index in [-0.39, 0.29) is 35.7 Å². The molecule has 0 radical (unpaired) electrons. The van der Waals surface area contributed by atoms with E-state index in [2.05, 4.69) is 10.2 Å². The zero-order valence-corrected chi connectivity index (χ0v) is 26.0. The molecule has 3 heterocycles. The fraction of sp³-hybridized carbons (Fsp3) is 0.467. The molecule has 2 aliphatic heterocycles. The van der Waals surface area contributed by atoms with E-state index in [9.17, 15) is 22.8 Å². The Labute approximate surface area is 262 Å². The minimum Gasteiger partial charge on any atom is -0.493 e. The molecule has 2 aromatic carbocycles. The van der Waals surface area contributed by atoms with Gasteiger partial charge in [-0.15, -0.1) is 22.0 Å². The Hall–Kier alpha value is -3.45. The van der Waals surface area contributed by atoms with Crippen molar-refractivity contribution < 1.29 is 37.0 Å².